The van der Waals surface area contributed by atoms with Crippen molar-refractivity contribution in [2.75, 3.05) is 12.1 Å². The number of aromatic nitrogens is 3. The van der Waals surface area contributed by atoms with Crippen LogP contribution in [0.3, 0.4) is 0 Å². The molecule has 5 heteroatoms. The van der Waals surface area contributed by atoms with Crippen LogP contribution in [0.1, 0.15) is 0 Å². The van der Waals surface area contributed by atoms with Crippen molar-refractivity contribution in [2.45, 2.75) is 0 Å². The summed E-state index contributed by atoms with van der Waals surface area (Å²) in [6.07, 6.45) is 1.75. The van der Waals surface area contributed by atoms with Crippen LogP contribution in [0.25, 0.3) is 11.3 Å². The lowest BCUT2D eigenvalue weighted by molar-refractivity contribution is 0.942. The molecule has 5 nitrogen and oxygen atoms in total. The van der Waals surface area contributed by atoms with Gasteiger partial charge in [-0.05, 0) is 12.1 Å². The summed E-state index contributed by atoms with van der Waals surface area (Å²) in [5.74, 6) is 5.58. The van der Waals surface area contributed by atoms with E-state index in [1.54, 1.807) is 18.3 Å². The SMILES string of the molecule is CN(N)c1ccc(-c2c[nH]nn2)cc1. The van der Waals surface area contributed by atoms with Crippen LogP contribution >= 0.6 is 0 Å². The molecule has 3 N–H and O–H groups in total. The lowest BCUT2D eigenvalue weighted by Crippen LogP contribution is -2.24. The van der Waals surface area contributed by atoms with Gasteiger partial charge in [-0.15, -0.1) is 5.10 Å². The molecule has 2 rings (SSSR count). The molecule has 0 unspecified atom stereocenters. The van der Waals surface area contributed by atoms with Crippen LogP contribution in [0.4, 0.5) is 5.69 Å². The van der Waals surface area contributed by atoms with E-state index in [1.165, 1.54) is 0 Å². The summed E-state index contributed by atoms with van der Waals surface area (Å²) in [6.45, 7) is 0. The van der Waals surface area contributed by atoms with Crippen LogP contribution in [0.2, 0.25) is 0 Å². The molecule has 0 aliphatic heterocycles. The first-order valence-corrected chi connectivity index (χ1v) is 4.22. The van der Waals surface area contributed by atoms with Gasteiger partial charge in [0.15, 0.2) is 0 Å². The number of nitrogens with two attached hydrogens (primary N) is 1. The minimum Gasteiger partial charge on any atom is -0.314 e. The summed E-state index contributed by atoms with van der Waals surface area (Å²) < 4.78 is 0. The van der Waals surface area contributed by atoms with Crippen molar-refractivity contribution >= 4 is 5.69 Å². The summed E-state index contributed by atoms with van der Waals surface area (Å²) in [7, 11) is 1.80. The van der Waals surface area contributed by atoms with Crippen molar-refractivity contribution in [1.29, 1.82) is 0 Å². The summed E-state index contributed by atoms with van der Waals surface area (Å²) in [5, 5.41) is 11.8. The molecule has 0 saturated carbocycles. The number of hydrazine groups is 1. The number of aromatic amines is 1. The van der Waals surface area contributed by atoms with Crippen LogP contribution in [0.5, 0.6) is 0 Å². The molecule has 1 aromatic carbocycles. The molecular formula is C9H11N5. The molecule has 0 aliphatic carbocycles. The van der Waals surface area contributed by atoms with Gasteiger partial charge in [-0.1, -0.05) is 17.3 Å². The molecule has 0 aliphatic rings. The van der Waals surface area contributed by atoms with E-state index in [-0.39, 0.29) is 0 Å². The van der Waals surface area contributed by atoms with E-state index in [9.17, 15) is 0 Å². The van der Waals surface area contributed by atoms with E-state index in [0.29, 0.717) is 0 Å². The molecule has 14 heavy (non-hydrogen) atoms. The maximum absolute atomic E-state index is 5.58. The molecule has 0 atom stereocenters. The van der Waals surface area contributed by atoms with Crippen molar-refractivity contribution < 1.29 is 0 Å². The molecule has 0 saturated heterocycles. The maximum atomic E-state index is 5.58. The van der Waals surface area contributed by atoms with Crippen molar-refractivity contribution in [3.63, 3.8) is 0 Å². The Kier molecular flexibility index (Phi) is 2.16. The van der Waals surface area contributed by atoms with Gasteiger partial charge < -0.3 is 5.01 Å². The molecule has 1 heterocycles. The fourth-order valence-electron chi connectivity index (χ4n) is 1.21. The number of nitrogens with zero attached hydrogens (tertiary/aromatic N) is 3. The number of rotatable bonds is 2. The summed E-state index contributed by atoms with van der Waals surface area (Å²) in [5.41, 5.74) is 2.80. The van der Waals surface area contributed by atoms with Gasteiger partial charge in [0.05, 0.1) is 5.69 Å². The van der Waals surface area contributed by atoms with Crippen LogP contribution in [0.15, 0.2) is 30.5 Å². The zero-order valence-corrected chi connectivity index (χ0v) is 7.81. The van der Waals surface area contributed by atoms with Crippen LogP contribution in [-0.4, -0.2) is 22.5 Å². The van der Waals surface area contributed by atoms with Gasteiger partial charge in [0.25, 0.3) is 0 Å². The predicted octanol–water partition coefficient (Wildman–Crippen LogP) is 0.782. The molecule has 0 spiro atoms. The predicted molar refractivity (Wildman–Crippen MR) is 54.4 cm³/mol. The van der Waals surface area contributed by atoms with E-state index in [2.05, 4.69) is 15.4 Å². The first kappa shape index (κ1) is 8.71. The smallest absolute Gasteiger partial charge is 0.112 e. The van der Waals surface area contributed by atoms with Crippen LogP contribution in [0, 0.1) is 0 Å². The monoisotopic (exact) mass is 189 g/mol. The number of benzene rings is 1. The normalized spacial score (nSPS) is 10.1. The molecular weight excluding hydrogens is 178 g/mol. The Morgan fingerprint density at radius 2 is 2.00 bits per heavy atom. The minimum atomic E-state index is 0.830. The maximum Gasteiger partial charge on any atom is 0.112 e. The Balaban J connectivity index is 2.31. The second kappa shape index (κ2) is 3.47. The van der Waals surface area contributed by atoms with E-state index in [0.717, 1.165) is 16.9 Å². The number of hydrogen-bond donors (Lipinski definition) is 2. The Labute approximate surface area is 81.5 Å². The third-order valence-electron chi connectivity index (χ3n) is 1.99. The second-order valence-electron chi connectivity index (χ2n) is 3.02. The quantitative estimate of drug-likeness (QED) is 0.541. The molecule has 2 aromatic rings. The third kappa shape index (κ3) is 1.57. The van der Waals surface area contributed by atoms with Crippen LogP contribution in [-0.2, 0) is 0 Å². The number of H-pyrrole nitrogens is 1. The Morgan fingerprint density at radius 3 is 2.50 bits per heavy atom. The average Bonchev–Trinajstić information content (AvgIpc) is 2.71. The highest BCUT2D eigenvalue weighted by molar-refractivity contribution is 5.61. The van der Waals surface area contributed by atoms with E-state index in [1.807, 2.05) is 24.3 Å². The third-order valence-corrected chi connectivity index (χ3v) is 1.99. The lowest BCUT2D eigenvalue weighted by Gasteiger charge is -2.11. The van der Waals surface area contributed by atoms with E-state index < -0.39 is 0 Å². The summed E-state index contributed by atoms with van der Waals surface area (Å²) in [6, 6.07) is 7.78. The van der Waals surface area contributed by atoms with Gasteiger partial charge in [-0.2, -0.15) is 0 Å². The van der Waals surface area contributed by atoms with Gasteiger partial charge in [0, 0.05) is 18.8 Å². The van der Waals surface area contributed by atoms with E-state index >= 15 is 0 Å². The van der Waals surface area contributed by atoms with Crippen molar-refractivity contribution in [2.24, 2.45) is 5.84 Å². The van der Waals surface area contributed by atoms with E-state index in [4.69, 9.17) is 5.84 Å². The van der Waals surface area contributed by atoms with Gasteiger partial charge in [0.1, 0.15) is 5.69 Å². The Bertz CT molecular complexity index is 390. The molecule has 0 radical (unpaired) electrons. The highest BCUT2D eigenvalue weighted by Gasteiger charge is 2.00. The van der Waals surface area contributed by atoms with Gasteiger partial charge in [-0.3, -0.25) is 5.10 Å². The fraction of sp³-hybridized carbons (Fsp3) is 0.111. The number of anilines is 1. The highest BCUT2D eigenvalue weighted by atomic mass is 15.4. The van der Waals surface area contributed by atoms with Gasteiger partial charge >= 0.3 is 0 Å². The Morgan fingerprint density at radius 1 is 1.29 bits per heavy atom. The topological polar surface area (TPSA) is 70.8 Å². The van der Waals surface area contributed by atoms with Crippen LogP contribution < -0.4 is 10.9 Å². The summed E-state index contributed by atoms with van der Waals surface area (Å²) >= 11 is 0. The average molecular weight is 189 g/mol. The molecule has 0 amide bonds. The van der Waals surface area contributed by atoms with Crippen molar-refractivity contribution in [1.82, 2.24) is 15.4 Å². The molecule has 72 valence electrons. The standard InChI is InChI=1S/C9H11N5/c1-14(10)8-4-2-7(3-5-8)9-6-11-13-12-9/h2-6H,10H2,1H3,(H,11,12,13). The van der Waals surface area contributed by atoms with Gasteiger partial charge in [-0.25, -0.2) is 5.84 Å². The van der Waals surface area contributed by atoms with Gasteiger partial charge in [0.2, 0.25) is 0 Å². The largest absolute Gasteiger partial charge is 0.314 e. The Hall–Kier alpha value is -1.88. The lowest BCUT2D eigenvalue weighted by atomic mass is 10.1. The van der Waals surface area contributed by atoms with Crippen molar-refractivity contribution in [3.05, 3.63) is 30.5 Å². The fourth-order valence-corrected chi connectivity index (χ4v) is 1.21. The molecule has 1 aromatic heterocycles. The van der Waals surface area contributed by atoms with Crippen molar-refractivity contribution in [3.8, 4) is 11.3 Å². The highest BCUT2D eigenvalue weighted by Crippen LogP contribution is 2.18. The first-order chi connectivity index (χ1) is 6.77. The zero-order valence-electron chi connectivity index (χ0n) is 7.81. The zero-order chi connectivity index (χ0) is 9.97. The molecule has 0 fully saturated rings. The second-order valence-corrected chi connectivity index (χ2v) is 3.02. The number of nitrogens with one attached hydrogen (secondary N) is 1. The summed E-state index contributed by atoms with van der Waals surface area (Å²) in [4.78, 5) is 0. The number of hydrogen-bond acceptors (Lipinski definition) is 4. The first-order valence-electron chi connectivity index (χ1n) is 4.22. The minimum absolute atomic E-state index is 0.830. The molecule has 0 bridgehead atoms.